The molecule has 2 rings (SSSR count). The highest BCUT2D eigenvalue weighted by molar-refractivity contribution is 6.38. The van der Waals surface area contributed by atoms with Crippen molar-refractivity contribution in [2.75, 3.05) is 0 Å². The summed E-state index contributed by atoms with van der Waals surface area (Å²) in [5.41, 5.74) is 0.507. The Morgan fingerprint density at radius 3 is 1.97 bits per heavy atom. The normalized spacial score (nSPS) is 13.6. The molecule has 204 valence electrons. The molecule has 10 heteroatoms. The lowest BCUT2D eigenvalue weighted by Crippen LogP contribution is -2.59. The van der Waals surface area contributed by atoms with Gasteiger partial charge in [0.15, 0.2) is 0 Å². The van der Waals surface area contributed by atoms with Gasteiger partial charge in [-0.2, -0.15) is 0 Å². The molecule has 38 heavy (non-hydrogen) atoms. The summed E-state index contributed by atoms with van der Waals surface area (Å²) in [4.78, 5) is 67.9. The minimum atomic E-state index is -1.08. The van der Waals surface area contributed by atoms with E-state index in [2.05, 4.69) is 26.3 Å². The van der Waals surface area contributed by atoms with Crippen LogP contribution in [-0.4, -0.2) is 52.5 Å². The number of nitrogens with one attached hydrogen (secondary N) is 4. The van der Waals surface area contributed by atoms with E-state index in [4.69, 9.17) is 0 Å². The largest absolute Gasteiger partial charge is 0.345 e. The molecule has 4 amide bonds. The van der Waals surface area contributed by atoms with Crippen LogP contribution in [0.5, 0.6) is 0 Å². The summed E-state index contributed by atoms with van der Waals surface area (Å²) in [7, 11) is 0. The van der Waals surface area contributed by atoms with Crippen LogP contribution in [0.3, 0.4) is 0 Å². The van der Waals surface area contributed by atoms with E-state index in [0.29, 0.717) is 5.56 Å². The molecular weight excluding hydrogens is 486 g/mol. The van der Waals surface area contributed by atoms with Crippen molar-refractivity contribution in [1.29, 1.82) is 0 Å². The van der Waals surface area contributed by atoms with Gasteiger partial charge >= 0.3 is 0 Å². The predicted octanol–water partition coefficient (Wildman–Crippen LogP) is 1.76. The molecule has 0 fully saturated rings. The highest BCUT2D eigenvalue weighted by Gasteiger charge is 2.35. The maximum Gasteiger partial charge on any atom is 0.289 e. The molecular formula is C28H37N5O5. The second-order valence-corrected chi connectivity index (χ2v) is 10.5. The third-order valence-electron chi connectivity index (χ3n) is 5.86. The van der Waals surface area contributed by atoms with Crippen LogP contribution in [-0.2, 0) is 25.7 Å². The number of nitrogens with zero attached hydrogens (tertiary/aromatic N) is 1. The summed E-state index contributed by atoms with van der Waals surface area (Å²) in [6, 6.07) is 9.13. The van der Waals surface area contributed by atoms with Gasteiger partial charge in [0.1, 0.15) is 12.1 Å². The van der Waals surface area contributed by atoms with E-state index < -0.39 is 53.0 Å². The van der Waals surface area contributed by atoms with Crippen LogP contribution in [0.2, 0.25) is 0 Å². The number of aromatic nitrogens is 1. The molecule has 0 radical (unpaired) electrons. The highest BCUT2D eigenvalue weighted by atomic mass is 16.2. The molecule has 0 saturated carbocycles. The summed E-state index contributed by atoms with van der Waals surface area (Å²) in [6.07, 6.45) is 2.95. The molecule has 3 atom stereocenters. The smallest absolute Gasteiger partial charge is 0.289 e. The molecule has 4 N–H and O–H groups in total. The molecule has 0 aliphatic carbocycles. The first-order valence-electron chi connectivity index (χ1n) is 12.5. The van der Waals surface area contributed by atoms with E-state index in [1.807, 2.05) is 30.3 Å². The predicted molar refractivity (Wildman–Crippen MR) is 143 cm³/mol. The molecule has 0 aliphatic heterocycles. The molecule has 1 aromatic carbocycles. The van der Waals surface area contributed by atoms with Crippen LogP contribution in [0.1, 0.15) is 57.5 Å². The van der Waals surface area contributed by atoms with Crippen LogP contribution in [0, 0.1) is 11.3 Å². The molecule has 0 unspecified atom stereocenters. The van der Waals surface area contributed by atoms with Crippen LogP contribution in [0.15, 0.2) is 54.9 Å². The topological polar surface area (TPSA) is 146 Å². The van der Waals surface area contributed by atoms with Crippen molar-refractivity contribution in [3.8, 4) is 0 Å². The van der Waals surface area contributed by atoms with Crippen molar-refractivity contribution in [2.24, 2.45) is 11.3 Å². The van der Waals surface area contributed by atoms with Crippen LogP contribution in [0.4, 0.5) is 0 Å². The van der Waals surface area contributed by atoms with Gasteiger partial charge in [0.05, 0.1) is 6.04 Å². The monoisotopic (exact) mass is 523 g/mol. The first-order valence-corrected chi connectivity index (χ1v) is 12.5. The maximum absolute atomic E-state index is 13.1. The number of benzene rings is 1. The fourth-order valence-electron chi connectivity index (χ4n) is 3.58. The Bertz CT molecular complexity index is 1130. The average Bonchev–Trinajstić information content (AvgIpc) is 2.88. The summed E-state index contributed by atoms with van der Waals surface area (Å²) in [5.74, 6) is -3.61. The number of rotatable bonds is 11. The van der Waals surface area contributed by atoms with Gasteiger partial charge in [-0.1, -0.05) is 65.0 Å². The van der Waals surface area contributed by atoms with Crippen LogP contribution >= 0.6 is 0 Å². The number of hydrogen-bond acceptors (Lipinski definition) is 6. The SMILES string of the molecule is CC(C)[C@H](NC(=O)[C@H](C)NC(=O)[C@@H](NC(=O)c1ccncc1)C(C)(C)C)C(=O)C(=O)NCc1ccccc1. The number of Topliss-reactive ketones (excluding diaryl/α,β-unsaturated/α-hetero) is 1. The Hall–Kier alpha value is -4.08. The summed E-state index contributed by atoms with van der Waals surface area (Å²) in [6.45, 7) is 10.4. The lowest BCUT2D eigenvalue weighted by molar-refractivity contribution is -0.141. The molecule has 1 heterocycles. The van der Waals surface area contributed by atoms with Crippen LogP contribution < -0.4 is 21.3 Å². The number of ketones is 1. The first kappa shape index (κ1) is 30.1. The number of pyridine rings is 1. The van der Waals surface area contributed by atoms with Crippen molar-refractivity contribution < 1.29 is 24.0 Å². The zero-order valence-electron chi connectivity index (χ0n) is 22.7. The second kappa shape index (κ2) is 13.5. The number of amides is 4. The molecule has 0 saturated heterocycles. The van der Waals surface area contributed by atoms with Crippen molar-refractivity contribution in [3.05, 3.63) is 66.0 Å². The highest BCUT2D eigenvalue weighted by Crippen LogP contribution is 2.20. The molecule has 2 aromatic rings. The zero-order valence-corrected chi connectivity index (χ0v) is 22.7. The quantitative estimate of drug-likeness (QED) is 0.330. The fourth-order valence-corrected chi connectivity index (χ4v) is 3.58. The van der Waals surface area contributed by atoms with E-state index >= 15 is 0 Å². The third-order valence-corrected chi connectivity index (χ3v) is 5.86. The van der Waals surface area contributed by atoms with E-state index in [-0.39, 0.29) is 12.5 Å². The van der Waals surface area contributed by atoms with Gasteiger partial charge in [-0.05, 0) is 36.0 Å². The Morgan fingerprint density at radius 1 is 0.816 bits per heavy atom. The van der Waals surface area contributed by atoms with Crippen molar-refractivity contribution in [2.45, 2.75) is 66.2 Å². The van der Waals surface area contributed by atoms with E-state index in [1.54, 1.807) is 34.6 Å². The molecule has 0 bridgehead atoms. The Balaban J connectivity index is 2.02. The van der Waals surface area contributed by atoms with Crippen molar-refractivity contribution >= 4 is 29.4 Å². The lowest BCUT2D eigenvalue weighted by Gasteiger charge is -2.31. The minimum absolute atomic E-state index is 0.177. The van der Waals surface area contributed by atoms with Gasteiger partial charge in [0.2, 0.25) is 17.6 Å². The standard InChI is InChI=1S/C28H37N5O5/c1-17(2)21(22(34)26(37)30-16-19-10-8-7-9-11-19)32-24(35)18(3)31-27(38)23(28(4,5)6)33-25(36)20-12-14-29-15-13-20/h7-15,17-18,21,23H,16H2,1-6H3,(H,30,37)(H,31,38)(H,32,35)(H,33,36)/t18-,21-,23+/m0/s1. The Kier molecular flexibility index (Phi) is 10.7. The average molecular weight is 524 g/mol. The molecule has 10 nitrogen and oxygen atoms in total. The van der Waals surface area contributed by atoms with Gasteiger partial charge in [-0.25, -0.2) is 0 Å². The summed E-state index contributed by atoms with van der Waals surface area (Å²) < 4.78 is 0. The van der Waals surface area contributed by atoms with E-state index in [9.17, 15) is 24.0 Å². The summed E-state index contributed by atoms with van der Waals surface area (Å²) in [5, 5.41) is 10.5. The van der Waals surface area contributed by atoms with E-state index in [0.717, 1.165) is 5.56 Å². The minimum Gasteiger partial charge on any atom is -0.345 e. The number of hydrogen-bond donors (Lipinski definition) is 4. The Labute approximate surface area is 223 Å². The summed E-state index contributed by atoms with van der Waals surface area (Å²) >= 11 is 0. The molecule has 0 aliphatic rings. The number of carbonyl (C=O) groups excluding carboxylic acids is 5. The van der Waals surface area contributed by atoms with E-state index in [1.165, 1.54) is 31.5 Å². The number of carbonyl (C=O) groups is 5. The second-order valence-electron chi connectivity index (χ2n) is 10.5. The fraction of sp³-hybridized carbons (Fsp3) is 0.429. The van der Waals surface area contributed by atoms with Crippen molar-refractivity contribution in [1.82, 2.24) is 26.3 Å². The van der Waals surface area contributed by atoms with Crippen molar-refractivity contribution in [3.63, 3.8) is 0 Å². The first-order chi connectivity index (χ1) is 17.8. The lowest BCUT2D eigenvalue weighted by atomic mass is 9.85. The van der Waals surface area contributed by atoms with Gasteiger partial charge in [0, 0.05) is 24.5 Å². The Morgan fingerprint density at radius 2 is 1.42 bits per heavy atom. The molecule has 1 aromatic heterocycles. The van der Waals surface area contributed by atoms with Gasteiger partial charge < -0.3 is 21.3 Å². The maximum atomic E-state index is 13.1. The van der Waals surface area contributed by atoms with Crippen LogP contribution in [0.25, 0.3) is 0 Å². The molecule has 0 spiro atoms. The van der Waals surface area contributed by atoms with Gasteiger partial charge in [-0.3, -0.25) is 29.0 Å². The van der Waals surface area contributed by atoms with Gasteiger partial charge in [-0.15, -0.1) is 0 Å². The zero-order chi connectivity index (χ0) is 28.5. The third kappa shape index (κ3) is 8.79. The van der Waals surface area contributed by atoms with Gasteiger partial charge in [0.25, 0.3) is 11.8 Å².